The third-order valence-corrected chi connectivity index (χ3v) is 7.53. The number of likely N-dealkylation sites (tertiary alicyclic amines) is 1. The lowest BCUT2D eigenvalue weighted by molar-refractivity contribution is -0.119. The fraction of sp³-hybridized carbons (Fsp3) is 0.345. The molecule has 0 radical (unpaired) electrons. The Morgan fingerprint density at radius 3 is 2.59 bits per heavy atom. The molecule has 0 bridgehead atoms. The van der Waals surface area contributed by atoms with Gasteiger partial charge in [0.1, 0.15) is 17.3 Å². The summed E-state index contributed by atoms with van der Waals surface area (Å²) in [6.07, 6.45) is 9.24. The maximum atomic E-state index is 12.8. The second-order valence-corrected chi connectivity index (χ2v) is 10.2. The SMILES string of the molecule is CN1CCC1.Cn1ccc2c(-c3ncc(Nc4cccc(N5CCCCC5=O)n4)c4c3CNC4=O)ccnc21. The first-order valence-corrected chi connectivity index (χ1v) is 13.4. The summed E-state index contributed by atoms with van der Waals surface area (Å²) in [6.45, 7) is 3.71. The Morgan fingerprint density at radius 1 is 0.974 bits per heavy atom. The van der Waals surface area contributed by atoms with Crippen molar-refractivity contribution in [2.45, 2.75) is 32.2 Å². The molecule has 0 atom stereocenters. The van der Waals surface area contributed by atoms with Crippen molar-refractivity contribution in [2.75, 3.05) is 36.9 Å². The van der Waals surface area contributed by atoms with Crippen LogP contribution in [0.25, 0.3) is 22.3 Å². The van der Waals surface area contributed by atoms with Crippen molar-refractivity contribution >= 4 is 40.2 Å². The van der Waals surface area contributed by atoms with E-state index in [4.69, 9.17) is 4.98 Å². The summed E-state index contributed by atoms with van der Waals surface area (Å²) in [6, 6.07) is 9.46. The summed E-state index contributed by atoms with van der Waals surface area (Å²) in [5.74, 6) is 1.11. The highest BCUT2D eigenvalue weighted by atomic mass is 16.2. The van der Waals surface area contributed by atoms with Crippen LogP contribution in [0, 0.1) is 0 Å². The third kappa shape index (κ3) is 4.83. The highest BCUT2D eigenvalue weighted by molar-refractivity contribution is 6.06. The Bertz CT molecular complexity index is 1560. The summed E-state index contributed by atoms with van der Waals surface area (Å²) in [4.78, 5) is 43.0. The fourth-order valence-corrected chi connectivity index (χ4v) is 5.24. The van der Waals surface area contributed by atoms with E-state index in [0.717, 1.165) is 40.7 Å². The number of carbonyl (C=O) groups is 2. The molecule has 2 saturated heterocycles. The van der Waals surface area contributed by atoms with E-state index < -0.39 is 0 Å². The molecule has 10 nitrogen and oxygen atoms in total. The van der Waals surface area contributed by atoms with Gasteiger partial charge in [-0.05, 0) is 63.7 Å². The number of hydrogen-bond acceptors (Lipinski definition) is 7. The zero-order chi connectivity index (χ0) is 26.9. The van der Waals surface area contributed by atoms with Crippen LogP contribution in [0.15, 0.2) is 48.9 Å². The van der Waals surface area contributed by atoms with Crippen molar-refractivity contribution in [3.63, 3.8) is 0 Å². The van der Waals surface area contributed by atoms with E-state index in [2.05, 4.69) is 32.5 Å². The van der Waals surface area contributed by atoms with E-state index in [0.29, 0.717) is 42.4 Å². The zero-order valence-electron chi connectivity index (χ0n) is 22.3. The first kappa shape index (κ1) is 25.0. The van der Waals surface area contributed by atoms with Crippen molar-refractivity contribution < 1.29 is 9.59 Å². The second kappa shape index (κ2) is 10.5. The van der Waals surface area contributed by atoms with Crippen LogP contribution in [-0.2, 0) is 18.4 Å². The van der Waals surface area contributed by atoms with Gasteiger partial charge in [-0.25, -0.2) is 9.97 Å². The van der Waals surface area contributed by atoms with Crippen molar-refractivity contribution in [1.29, 1.82) is 0 Å². The Balaban J connectivity index is 0.000000500. The molecule has 0 spiro atoms. The molecule has 4 aromatic rings. The lowest BCUT2D eigenvalue weighted by Gasteiger charge is -2.26. The van der Waals surface area contributed by atoms with Crippen molar-refractivity contribution in [3.05, 3.63) is 60.0 Å². The lowest BCUT2D eigenvalue weighted by atomic mass is 10.0. The van der Waals surface area contributed by atoms with Gasteiger partial charge < -0.3 is 20.1 Å². The molecular weight excluding hydrogens is 492 g/mol. The molecule has 3 aliphatic rings. The molecule has 3 aliphatic heterocycles. The summed E-state index contributed by atoms with van der Waals surface area (Å²) in [7, 11) is 4.09. The average molecular weight is 525 g/mol. The van der Waals surface area contributed by atoms with Gasteiger partial charge in [0.25, 0.3) is 5.91 Å². The predicted molar refractivity (Wildman–Crippen MR) is 151 cm³/mol. The molecule has 0 unspecified atom stereocenters. The largest absolute Gasteiger partial charge is 0.348 e. The quantitative estimate of drug-likeness (QED) is 0.417. The number of fused-ring (bicyclic) bond motifs is 2. The fourth-order valence-electron chi connectivity index (χ4n) is 5.24. The number of amides is 2. The van der Waals surface area contributed by atoms with Gasteiger partial charge in [0.2, 0.25) is 5.91 Å². The summed E-state index contributed by atoms with van der Waals surface area (Å²) < 4.78 is 1.96. The number of rotatable bonds is 4. The Hall–Kier alpha value is -4.31. The van der Waals surface area contributed by atoms with Crippen LogP contribution >= 0.6 is 0 Å². The molecule has 2 fully saturated rings. The number of carbonyl (C=O) groups excluding carboxylic acids is 2. The molecule has 0 aliphatic carbocycles. The minimum Gasteiger partial charge on any atom is -0.348 e. The van der Waals surface area contributed by atoms with E-state index >= 15 is 0 Å². The Labute approximate surface area is 227 Å². The maximum absolute atomic E-state index is 12.8. The van der Waals surface area contributed by atoms with Gasteiger partial charge >= 0.3 is 0 Å². The van der Waals surface area contributed by atoms with Gasteiger partial charge in [-0.1, -0.05) is 6.07 Å². The van der Waals surface area contributed by atoms with Crippen molar-refractivity contribution in [1.82, 2.24) is 29.7 Å². The van der Waals surface area contributed by atoms with Crippen LogP contribution in [0.5, 0.6) is 0 Å². The first-order valence-electron chi connectivity index (χ1n) is 13.4. The Morgan fingerprint density at radius 2 is 1.82 bits per heavy atom. The highest BCUT2D eigenvalue weighted by Crippen LogP contribution is 2.36. The van der Waals surface area contributed by atoms with E-state index in [9.17, 15) is 9.59 Å². The molecule has 4 aromatic heterocycles. The number of piperidine rings is 1. The van der Waals surface area contributed by atoms with Crippen LogP contribution < -0.4 is 15.5 Å². The van der Waals surface area contributed by atoms with Crippen molar-refractivity contribution in [2.24, 2.45) is 7.05 Å². The predicted octanol–water partition coefficient (Wildman–Crippen LogP) is 3.86. The van der Waals surface area contributed by atoms with Crippen molar-refractivity contribution in [3.8, 4) is 11.3 Å². The third-order valence-electron chi connectivity index (χ3n) is 7.53. The van der Waals surface area contributed by atoms with Crippen LogP contribution in [-0.4, -0.2) is 62.9 Å². The van der Waals surface area contributed by atoms with Crippen LogP contribution in [0.3, 0.4) is 0 Å². The molecule has 2 amide bonds. The molecule has 39 heavy (non-hydrogen) atoms. The van der Waals surface area contributed by atoms with Gasteiger partial charge in [0.05, 0.1) is 23.1 Å². The standard InChI is InChI=1S/C25H23N7O2.C4H9N/c1-31-12-9-16-15(8-10-26-24(16)31)23-17-13-28-25(34)22(17)18(14-27-23)29-19-5-4-6-20(30-19)32-11-3-2-7-21(32)33;1-5-3-2-4-5/h4-6,8-10,12,14H,2-3,7,11,13H2,1H3,(H,28,34)(H,29,30);2-4H2,1H3. The molecule has 7 rings (SSSR count). The molecule has 2 N–H and O–H groups in total. The van der Waals surface area contributed by atoms with E-state index in [-0.39, 0.29) is 11.8 Å². The van der Waals surface area contributed by atoms with Crippen LogP contribution in [0.2, 0.25) is 0 Å². The van der Waals surface area contributed by atoms with Crippen LogP contribution in [0.1, 0.15) is 41.6 Å². The molecule has 0 saturated carbocycles. The number of anilines is 3. The van der Waals surface area contributed by atoms with Gasteiger partial charge in [-0.2, -0.15) is 0 Å². The number of pyridine rings is 3. The molecule has 7 heterocycles. The summed E-state index contributed by atoms with van der Waals surface area (Å²) in [5.41, 5.74) is 4.55. The average Bonchev–Trinajstić information content (AvgIpc) is 3.52. The van der Waals surface area contributed by atoms with Gasteiger partial charge in [-0.15, -0.1) is 0 Å². The summed E-state index contributed by atoms with van der Waals surface area (Å²) >= 11 is 0. The first-order chi connectivity index (χ1) is 19.0. The zero-order valence-corrected chi connectivity index (χ0v) is 22.3. The lowest BCUT2D eigenvalue weighted by Crippen LogP contribution is -2.35. The molecular formula is C29H32N8O2. The molecule has 0 aromatic carbocycles. The second-order valence-electron chi connectivity index (χ2n) is 10.2. The number of nitrogens with one attached hydrogen (secondary N) is 2. The van der Waals surface area contributed by atoms with E-state index in [1.165, 1.54) is 19.5 Å². The number of aryl methyl sites for hydroxylation is 1. The van der Waals surface area contributed by atoms with Gasteiger partial charge in [0.15, 0.2) is 0 Å². The van der Waals surface area contributed by atoms with Crippen LogP contribution in [0.4, 0.5) is 17.3 Å². The minimum absolute atomic E-state index is 0.0896. The normalized spacial score (nSPS) is 16.8. The number of hydrogen-bond donors (Lipinski definition) is 2. The molecule has 10 heteroatoms. The minimum atomic E-state index is -0.151. The van der Waals surface area contributed by atoms with E-state index in [1.807, 2.05) is 48.1 Å². The monoisotopic (exact) mass is 524 g/mol. The highest BCUT2D eigenvalue weighted by Gasteiger charge is 2.28. The topological polar surface area (TPSA) is 108 Å². The van der Waals surface area contributed by atoms with Gasteiger partial charge in [0, 0.05) is 55.5 Å². The van der Waals surface area contributed by atoms with E-state index in [1.54, 1.807) is 17.3 Å². The van der Waals surface area contributed by atoms with Gasteiger partial charge in [-0.3, -0.25) is 19.5 Å². The Kier molecular flexibility index (Phi) is 6.70. The number of aromatic nitrogens is 4. The smallest absolute Gasteiger partial charge is 0.254 e. The number of nitrogens with zero attached hydrogens (tertiary/aromatic N) is 6. The molecule has 200 valence electrons. The maximum Gasteiger partial charge on any atom is 0.254 e. The summed E-state index contributed by atoms with van der Waals surface area (Å²) in [5, 5.41) is 7.18.